The van der Waals surface area contributed by atoms with Crippen molar-refractivity contribution in [2.24, 2.45) is 0 Å². The van der Waals surface area contributed by atoms with Gasteiger partial charge in [0.25, 0.3) is 0 Å². The maximum atomic E-state index is 2.44. The fourth-order valence-corrected chi connectivity index (χ4v) is 9.45. The molecule has 0 bridgehead atoms. The number of benzene rings is 9. The van der Waals surface area contributed by atoms with Crippen molar-refractivity contribution in [1.29, 1.82) is 0 Å². The maximum Gasteiger partial charge on any atom is 0.0547 e. The minimum atomic E-state index is -0.120. The molecule has 0 aliphatic heterocycles. The van der Waals surface area contributed by atoms with Crippen molar-refractivity contribution in [3.05, 3.63) is 217 Å². The summed E-state index contributed by atoms with van der Waals surface area (Å²) in [5.41, 5.74) is 17.0. The van der Waals surface area contributed by atoms with Crippen molar-refractivity contribution in [2.45, 2.75) is 19.3 Å². The lowest BCUT2D eigenvalue weighted by atomic mass is 9.82. The Kier molecular flexibility index (Phi) is 7.55. The lowest BCUT2D eigenvalue weighted by molar-refractivity contribution is 0.660. The number of hydrogen-bond donors (Lipinski definition) is 0. The summed E-state index contributed by atoms with van der Waals surface area (Å²) < 4.78 is 2.43. The van der Waals surface area contributed by atoms with Crippen LogP contribution in [0.4, 0.5) is 17.1 Å². The summed E-state index contributed by atoms with van der Waals surface area (Å²) in [6.07, 6.45) is 0. The van der Waals surface area contributed by atoms with E-state index in [1.807, 2.05) is 0 Å². The molecule has 0 atom stereocenters. The molecule has 270 valence electrons. The molecule has 9 aromatic carbocycles. The van der Waals surface area contributed by atoms with Crippen molar-refractivity contribution < 1.29 is 0 Å². The van der Waals surface area contributed by atoms with Gasteiger partial charge in [-0.2, -0.15) is 0 Å². The lowest BCUT2D eigenvalue weighted by Gasteiger charge is -2.28. The van der Waals surface area contributed by atoms with Gasteiger partial charge in [0.1, 0.15) is 0 Å². The van der Waals surface area contributed by atoms with Crippen molar-refractivity contribution in [1.82, 2.24) is 4.57 Å². The number of nitrogens with zero attached hydrogens (tertiary/aromatic N) is 2. The third-order valence-electron chi connectivity index (χ3n) is 12.2. The average molecular weight is 729 g/mol. The average Bonchev–Trinajstić information content (AvgIpc) is 3.72. The minimum Gasteiger partial charge on any atom is -0.310 e. The minimum absolute atomic E-state index is 0.120. The van der Waals surface area contributed by atoms with Crippen LogP contribution in [0.5, 0.6) is 0 Å². The van der Waals surface area contributed by atoms with Crippen LogP contribution in [0.3, 0.4) is 0 Å². The van der Waals surface area contributed by atoms with Gasteiger partial charge in [-0.3, -0.25) is 0 Å². The second-order valence-electron chi connectivity index (χ2n) is 15.7. The first kappa shape index (κ1) is 33.2. The standard InChI is InChI=1S/C55H40N2/c1-55(2)50-25-12-11-22-46(50)47-33-31-43(36-51(47)55)56(41-29-27-38(28-30-41)37-15-5-3-6-16-37)42-32-34-52-49(35-42)54-48(45-23-13-18-39-17-9-10-21-44(39)45)24-14-26-53(54)57(52)40-19-7-4-8-20-40/h3-36H,1-2H3. The molecule has 11 rings (SSSR count). The molecule has 0 radical (unpaired) electrons. The number of anilines is 3. The van der Waals surface area contributed by atoms with Gasteiger partial charge in [-0.1, -0.05) is 159 Å². The van der Waals surface area contributed by atoms with Crippen LogP contribution in [-0.4, -0.2) is 4.57 Å². The topological polar surface area (TPSA) is 8.17 Å². The van der Waals surface area contributed by atoms with Gasteiger partial charge in [0.15, 0.2) is 0 Å². The van der Waals surface area contributed by atoms with Crippen LogP contribution >= 0.6 is 0 Å². The Hall–Kier alpha value is -7.16. The Morgan fingerprint density at radius 1 is 0.386 bits per heavy atom. The van der Waals surface area contributed by atoms with E-state index in [-0.39, 0.29) is 5.41 Å². The second-order valence-corrected chi connectivity index (χ2v) is 15.7. The highest BCUT2D eigenvalue weighted by Crippen LogP contribution is 2.51. The van der Waals surface area contributed by atoms with Gasteiger partial charge in [0.2, 0.25) is 0 Å². The normalized spacial score (nSPS) is 12.9. The molecule has 10 aromatic rings. The van der Waals surface area contributed by atoms with E-state index in [2.05, 4.69) is 230 Å². The predicted molar refractivity (Wildman–Crippen MR) is 241 cm³/mol. The predicted octanol–water partition coefficient (Wildman–Crippen LogP) is 15.0. The number of hydrogen-bond acceptors (Lipinski definition) is 1. The molecule has 1 heterocycles. The van der Waals surface area contributed by atoms with E-state index in [1.165, 1.54) is 77.1 Å². The quantitative estimate of drug-likeness (QED) is 0.165. The van der Waals surface area contributed by atoms with Gasteiger partial charge in [-0.15, -0.1) is 0 Å². The van der Waals surface area contributed by atoms with Crippen LogP contribution in [0.25, 0.3) is 71.6 Å². The summed E-state index contributed by atoms with van der Waals surface area (Å²) in [7, 11) is 0. The summed E-state index contributed by atoms with van der Waals surface area (Å²) in [5.74, 6) is 0. The first-order valence-corrected chi connectivity index (χ1v) is 19.9. The summed E-state index contributed by atoms with van der Waals surface area (Å²) in [4.78, 5) is 2.44. The van der Waals surface area contributed by atoms with Gasteiger partial charge < -0.3 is 9.47 Å². The lowest BCUT2D eigenvalue weighted by Crippen LogP contribution is -2.16. The largest absolute Gasteiger partial charge is 0.310 e. The van der Waals surface area contributed by atoms with E-state index in [0.29, 0.717) is 0 Å². The van der Waals surface area contributed by atoms with E-state index in [4.69, 9.17) is 0 Å². The third kappa shape index (κ3) is 5.25. The molecular weight excluding hydrogens is 689 g/mol. The number of rotatable bonds is 6. The molecule has 0 saturated carbocycles. The third-order valence-corrected chi connectivity index (χ3v) is 12.2. The van der Waals surface area contributed by atoms with Crippen molar-refractivity contribution in [3.8, 4) is 39.1 Å². The SMILES string of the molecule is CC1(C)c2ccccc2-c2ccc(N(c3ccc(-c4ccccc4)cc3)c3ccc4c(c3)c3c(-c5cccc6ccccc56)cccc3n4-c3ccccc3)cc21. The van der Waals surface area contributed by atoms with Crippen LogP contribution in [0.1, 0.15) is 25.0 Å². The van der Waals surface area contributed by atoms with Crippen LogP contribution < -0.4 is 4.90 Å². The smallest absolute Gasteiger partial charge is 0.0547 e. The van der Waals surface area contributed by atoms with E-state index in [9.17, 15) is 0 Å². The van der Waals surface area contributed by atoms with Gasteiger partial charge in [0.05, 0.1) is 11.0 Å². The monoisotopic (exact) mass is 728 g/mol. The molecule has 57 heavy (non-hydrogen) atoms. The fourth-order valence-electron chi connectivity index (χ4n) is 9.45. The molecular formula is C55H40N2. The Balaban J connectivity index is 1.17. The number of aromatic nitrogens is 1. The van der Waals surface area contributed by atoms with Crippen LogP contribution in [0.15, 0.2) is 206 Å². The Morgan fingerprint density at radius 3 is 1.82 bits per heavy atom. The molecule has 0 spiro atoms. The summed E-state index contributed by atoms with van der Waals surface area (Å²) >= 11 is 0. The van der Waals surface area contributed by atoms with E-state index in [1.54, 1.807) is 0 Å². The maximum absolute atomic E-state index is 2.44. The zero-order valence-electron chi connectivity index (χ0n) is 32.0. The summed E-state index contributed by atoms with van der Waals surface area (Å²) in [5, 5.41) is 4.96. The highest BCUT2D eigenvalue weighted by Gasteiger charge is 2.35. The molecule has 2 nitrogen and oxygen atoms in total. The molecule has 0 unspecified atom stereocenters. The molecule has 0 N–H and O–H groups in total. The highest BCUT2D eigenvalue weighted by molar-refractivity contribution is 6.18. The van der Waals surface area contributed by atoms with Crippen molar-refractivity contribution in [2.75, 3.05) is 4.90 Å². The number of para-hydroxylation sites is 1. The second kappa shape index (κ2) is 13.0. The molecule has 2 heteroatoms. The Bertz CT molecular complexity index is 3130. The molecule has 0 saturated heterocycles. The zero-order valence-corrected chi connectivity index (χ0v) is 32.0. The molecule has 0 amide bonds. The van der Waals surface area contributed by atoms with Crippen LogP contribution in [0, 0.1) is 0 Å². The molecule has 1 aliphatic carbocycles. The Labute approximate surface area is 333 Å². The van der Waals surface area contributed by atoms with Crippen LogP contribution in [-0.2, 0) is 5.41 Å². The van der Waals surface area contributed by atoms with Crippen molar-refractivity contribution in [3.63, 3.8) is 0 Å². The highest BCUT2D eigenvalue weighted by atomic mass is 15.1. The summed E-state index contributed by atoms with van der Waals surface area (Å²) in [6.45, 7) is 4.72. The van der Waals surface area contributed by atoms with Gasteiger partial charge in [0, 0.05) is 38.9 Å². The van der Waals surface area contributed by atoms with E-state index in [0.717, 1.165) is 22.7 Å². The van der Waals surface area contributed by atoms with Gasteiger partial charge in [-0.25, -0.2) is 0 Å². The van der Waals surface area contributed by atoms with Gasteiger partial charge >= 0.3 is 0 Å². The van der Waals surface area contributed by atoms with Crippen molar-refractivity contribution >= 4 is 49.6 Å². The first-order valence-electron chi connectivity index (χ1n) is 19.9. The summed E-state index contributed by atoms with van der Waals surface area (Å²) in [6, 6.07) is 75.7. The Morgan fingerprint density at radius 2 is 0.982 bits per heavy atom. The van der Waals surface area contributed by atoms with Crippen LogP contribution in [0.2, 0.25) is 0 Å². The molecule has 0 fully saturated rings. The number of fused-ring (bicyclic) bond motifs is 7. The van der Waals surface area contributed by atoms with E-state index >= 15 is 0 Å². The molecule has 1 aromatic heterocycles. The zero-order chi connectivity index (χ0) is 38.1. The first-order chi connectivity index (χ1) is 28.0. The fraction of sp³-hybridized carbons (Fsp3) is 0.0545. The van der Waals surface area contributed by atoms with Gasteiger partial charge in [-0.05, 0) is 116 Å². The molecule has 1 aliphatic rings. The van der Waals surface area contributed by atoms with E-state index < -0.39 is 0 Å².